The molecular weight excluding hydrogens is 418 g/mol. The summed E-state index contributed by atoms with van der Waals surface area (Å²) in [6, 6.07) is 15.7. The zero-order valence-electron chi connectivity index (χ0n) is 16.8. The average Bonchev–Trinajstić information content (AvgIpc) is 2.78. The first kappa shape index (κ1) is 22.0. The Hall–Kier alpha value is -3.66. The van der Waals surface area contributed by atoms with Crippen molar-refractivity contribution in [3.05, 3.63) is 81.8 Å². The first-order valence-corrected chi connectivity index (χ1v) is 10.4. The Balaban J connectivity index is 1.58. The van der Waals surface area contributed by atoms with E-state index in [1.165, 1.54) is 0 Å². The van der Waals surface area contributed by atoms with Crippen molar-refractivity contribution in [2.45, 2.75) is 18.5 Å². The maximum absolute atomic E-state index is 12.4. The normalized spacial score (nSPS) is 10.5. The average molecular weight is 439 g/mol. The topological polar surface area (TPSA) is 129 Å². The van der Waals surface area contributed by atoms with Gasteiger partial charge in [0.05, 0.1) is 17.9 Å². The molecule has 0 aliphatic rings. The summed E-state index contributed by atoms with van der Waals surface area (Å²) in [7, 11) is 0. The molecule has 0 fully saturated rings. The molecule has 0 aliphatic carbocycles. The van der Waals surface area contributed by atoms with Crippen molar-refractivity contribution in [1.82, 2.24) is 14.9 Å². The second kappa shape index (κ2) is 10.4. The molecule has 0 spiro atoms. The Morgan fingerprint density at radius 2 is 1.81 bits per heavy atom. The lowest BCUT2D eigenvalue weighted by Crippen LogP contribution is -2.34. The van der Waals surface area contributed by atoms with Crippen LogP contribution < -0.4 is 16.7 Å². The van der Waals surface area contributed by atoms with E-state index in [9.17, 15) is 14.4 Å². The van der Waals surface area contributed by atoms with E-state index >= 15 is 0 Å². The van der Waals surface area contributed by atoms with E-state index in [1.807, 2.05) is 30.3 Å². The van der Waals surface area contributed by atoms with Gasteiger partial charge in [-0.15, -0.1) is 10.2 Å². The number of hydrogen-bond donors (Lipinski definition) is 2. The minimum Gasteiger partial charge on any atom is -0.462 e. The number of nitrogens with two attached hydrogens (primary N) is 1. The Morgan fingerprint density at radius 3 is 2.48 bits per heavy atom. The van der Waals surface area contributed by atoms with Crippen LogP contribution in [0, 0.1) is 0 Å². The molecule has 3 N–H and O–H groups in total. The number of ether oxygens (including phenoxy) is 1. The van der Waals surface area contributed by atoms with E-state index in [0.29, 0.717) is 17.7 Å². The summed E-state index contributed by atoms with van der Waals surface area (Å²) in [5.74, 6) is 5.08. The van der Waals surface area contributed by atoms with E-state index in [0.717, 1.165) is 22.0 Å². The largest absolute Gasteiger partial charge is 0.462 e. The van der Waals surface area contributed by atoms with Gasteiger partial charge in [0.2, 0.25) is 11.1 Å². The summed E-state index contributed by atoms with van der Waals surface area (Å²) >= 11 is 0.996. The lowest BCUT2D eigenvalue weighted by molar-refractivity contribution is -0.113. The van der Waals surface area contributed by atoms with Crippen LogP contribution in [0.4, 0.5) is 5.69 Å². The van der Waals surface area contributed by atoms with Gasteiger partial charge in [0.1, 0.15) is 5.69 Å². The first-order valence-electron chi connectivity index (χ1n) is 9.45. The number of rotatable bonds is 8. The highest BCUT2D eigenvalue weighted by Crippen LogP contribution is 2.15. The number of amides is 1. The number of carbonyl (C=O) groups excluding carboxylic acids is 2. The lowest BCUT2D eigenvalue weighted by atomic mass is 10.1. The zero-order valence-corrected chi connectivity index (χ0v) is 17.6. The Morgan fingerprint density at radius 1 is 1.10 bits per heavy atom. The van der Waals surface area contributed by atoms with E-state index < -0.39 is 11.5 Å². The third-order valence-corrected chi connectivity index (χ3v) is 5.10. The molecule has 10 heteroatoms. The number of anilines is 1. The van der Waals surface area contributed by atoms with Crippen LogP contribution >= 0.6 is 11.8 Å². The van der Waals surface area contributed by atoms with Crippen LogP contribution in [0.5, 0.6) is 0 Å². The quantitative estimate of drug-likeness (QED) is 0.309. The van der Waals surface area contributed by atoms with Crippen molar-refractivity contribution in [2.24, 2.45) is 0 Å². The predicted octanol–water partition coefficient (Wildman–Crippen LogP) is 1.85. The zero-order chi connectivity index (χ0) is 22.2. The van der Waals surface area contributed by atoms with Crippen LogP contribution in [0.3, 0.4) is 0 Å². The minimum atomic E-state index is -0.462. The predicted molar refractivity (Wildman–Crippen MR) is 117 cm³/mol. The highest BCUT2D eigenvalue weighted by molar-refractivity contribution is 7.99. The smallest absolute Gasteiger partial charge is 0.338 e. The number of benzene rings is 2. The fourth-order valence-electron chi connectivity index (χ4n) is 2.65. The number of carbonyl (C=O) groups is 2. The van der Waals surface area contributed by atoms with Gasteiger partial charge < -0.3 is 15.9 Å². The molecule has 0 saturated carbocycles. The monoisotopic (exact) mass is 439 g/mol. The molecule has 0 atom stereocenters. The Bertz CT molecular complexity index is 1120. The summed E-state index contributed by atoms with van der Waals surface area (Å²) in [5, 5.41) is 10.8. The van der Waals surface area contributed by atoms with Gasteiger partial charge in [-0.25, -0.2) is 4.79 Å². The van der Waals surface area contributed by atoms with Crippen LogP contribution in [0.2, 0.25) is 0 Å². The molecule has 0 unspecified atom stereocenters. The number of nitrogens with zero attached hydrogens (tertiary/aromatic N) is 3. The number of nitrogen functional groups attached to an aromatic ring is 1. The highest BCUT2D eigenvalue weighted by atomic mass is 32.2. The molecule has 0 aliphatic heterocycles. The summed E-state index contributed by atoms with van der Waals surface area (Å²) < 4.78 is 5.82. The number of esters is 1. The fourth-order valence-corrected chi connectivity index (χ4v) is 3.30. The van der Waals surface area contributed by atoms with E-state index in [1.54, 1.807) is 31.2 Å². The molecule has 31 heavy (non-hydrogen) atoms. The molecule has 2 aromatic carbocycles. The molecule has 0 radical (unpaired) electrons. The van der Waals surface area contributed by atoms with Crippen molar-refractivity contribution in [3.63, 3.8) is 0 Å². The number of thioether (sulfide) groups is 1. The van der Waals surface area contributed by atoms with Crippen molar-refractivity contribution < 1.29 is 14.3 Å². The van der Waals surface area contributed by atoms with Gasteiger partial charge in [-0.05, 0) is 36.8 Å². The number of aromatic nitrogens is 3. The van der Waals surface area contributed by atoms with Crippen LogP contribution in [-0.2, 0) is 16.0 Å². The van der Waals surface area contributed by atoms with Gasteiger partial charge in [0.25, 0.3) is 5.56 Å². The SMILES string of the molecule is CCOC(=O)c1ccc(NC(=O)CSc2nnc(Cc3ccccc3)c(=O)n2N)cc1. The summed E-state index contributed by atoms with van der Waals surface area (Å²) in [5.41, 5.74) is 1.60. The van der Waals surface area contributed by atoms with Gasteiger partial charge in [-0.3, -0.25) is 9.59 Å². The van der Waals surface area contributed by atoms with Crippen LogP contribution in [0.15, 0.2) is 64.5 Å². The van der Waals surface area contributed by atoms with Gasteiger partial charge in [-0.1, -0.05) is 42.1 Å². The number of nitrogens with one attached hydrogen (secondary N) is 1. The molecule has 0 saturated heterocycles. The van der Waals surface area contributed by atoms with Crippen molar-refractivity contribution >= 4 is 29.3 Å². The van der Waals surface area contributed by atoms with E-state index in [4.69, 9.17) is 10.6 Å². The molecule has 1 aromatic heterocycles. The van der Waals surface area contributed by atoms with Gasteiger partial charge in [-0.2, -0.15) is 4.68 Å². The molecular formula is C21H21N5O4S. The van der Waals surface area contributed by atoms with Crippen LogP contribution in [0.1, 0.15) is 28.5 Å². The maximum atomic E-state index is 12.4. The van der Waals surface area contributed by atoms with Gasteiger partial charge >= 0.3 is 5.97 Å². The van der Waals surface area contributed by atoms with Gasteiger partial charge in [0.15, 0.2) is 0 Å². The molecule has 1 amide bonds. The van der Waals surface area contributed by atoms with Crippen molar-refractivity contribution in [1.29, 1.82) is 0 Å². The lowest BCUT2D eigenvalue weighted by Gasteiger charge is -2.08. The number of hydrogen-bond acceptors (Lipinski definition) is 8. The molecule has 0 bridgehead atoms. The molecule has 3 rings (SSSR count). The fraction of sp³-hybridized carbons (Fsp3) is 0.190. The first-order chi connectivity index (χ1) is 15.0. The van der Waals surface area contributed by atoms with Crippen LogP contribution in [-0.4, -0.2) is 39.1 Å². The standard InChI is InChI=1S/C21H21N5O4S/c1-2-30-20(29)15-8-10-16(11-9-15)23-18(27)13-31-21-25-24-17(19(28)26(21)22)12-14-6-4-3-5-7-14/h3-11H,2,12-13,22H2,1H3,(H,23,27). The Labute approximate surface area is 182 Å². The minimum absolute atomic E-state index is 0.0248. The molecule has 160 valence electrons. The third-order valence-electron chi connectivity index (χ3n) is 4.15. The molecule has 3 aromatic rings. The van der Waals surface area contributed by atoms with E-state index in [-0.39, 0.29) is 29.1 Å². The maximum Gasteiger partial charge on any atom is 0.338 e. The molecule has 1 heterocycles. The summed E-state index contributed by atoms with van der Waals surface area (Å²) in [4.78, 5) is 36.3. The van der Waals surface area contributed by atoms with Crippen molar-refractivity contribution in [2.75, 3.05) is 23.5 Å². The molecule has 9 nitrogen and oxygen atoms in total. The highest BCUT2D eigenvalue weighted by Gasteiger charge is 2.13. The van der Waals surface area contributed by atoms with E-state index in [2.05, 4.69) is 15.5 Å². The van der Waals surface area contributed by atoms with Gasteiger partial charge in [0, 0.05) is 12.1 Å². The summed E-state index contributed by atoms with van der Waals surface area (Å²) in [6.07, 6.45) is 0.317. The van der Waals surface area contributed by atoms with Crippen molar-refractivity contribution in [3.8, 4) is 0 Å². The van der Waals surface area contributed by atoms with Crippen LogP contribution in [0.25, 0.3) is 0 Å². The Kier molecular flexibility index (Phi) is 7.39. The summed E-state index contributed by atoms with van der Waals surface area (Å²) in [6.45, 7) is 2.02. The second-order valence-corrected chi connectivity index (χ2v) is 7.34. The second-order valence-electron chi connectivity index (χ2n) is 6.40. The third kappa shape index (κ3) is 5.92.